The minimum Gasteiger partial charge on any atom is -0.382 e. The maximum atomic E-state index is 12.4. The monoisotopic (exact) mass is 392 g/mol. The molecule has 0 atom stereocenters. The summed E-state index contributed by atoms with van der Waals surface area (Å²) in [6.07, 6.45) is 0.927. The number of aliphatic imine (C=N–C) groups is 1. The van der Waals surface area contributed by atoms with Crippen molar-refractivity contribution in [2.75, 3.05) is 64.8 Å². The van der Waals surface area contributed by atoms with Gasteiger partial charge in [-0.25, -0.2) is 8.42 Å². The second-order valence-electron chi connectivity index (χ2n) is 6.41. The number of nitrogens with one attached hydrogen (secondary N) is 1. The van der Waals surface area contributed by atoms with Crippen molar-refractivity contribution in [3.05, 3.63) is 0 Å². The molecule has 1 saturated heterocycles. The van der Waals surface area contributed by atoms with E-state index in [9.17, 15) is 8.42 Å². The lowest BCUT2D eigenvalue weighted by Gasteiger charge is -2.36. The summed E-state index contributed by atoms with van der Waals surface area (Å²) in [5.74, 6) is 0.890. The molecule has 1 heterocycles. The normalized spacial score (nSPS) is 17.1. The standard InChI is InChI=1S/C17H36N4O4S/c1-5-18-17(19-8-7-13-24-6-2)20-9-11-21(12-10-20)26(22,23)15-14-25-16(3)4/h16H,5-15H2,1-4H3,(H,18,19). The van der Waals surface area contributed by atoms with Crippen LogP contribution in [0.15, 0.2) is 4.99 Å². The molecule has 1 aliphatic heterocycles. The summed E-state index contributed by atoms with van der Waals surface area (Å²) >= 11 is 0. The first-order chi connectivity index (χ1) is 12.4. The lowest BCUT2D eigenvalue weighted by molar-refractivity contribution is 0.0904. The predicted molar refractivity (Wildman–Crippen MR) is 105 cm³/mol. The van der Waals surface area contributed by atoms with Crippen molar-refractivity contribution in [3.8, 4) is 0 Å². The molecular formula is C17H36N4O4S. The van der Waals surface area contributed by atoms with Crippen LogP contribution in [0.2, 0.25) is 0 Å². The summed E-state index contributed by atoms with van der Waals surface area (Å²) in [4.78, 5) is 6.75. The number of guanidine groups is 1. The molecule has 1 rings (SSSR count). The van der Waals surface area contributed by atoms with Gasteiger partial charge in [-0.3, -0.25) is 4.99 Å². The largest absolute Gasteiger partial charge is 0.382 e. The fourth-order valence-corrected chi connectivity index (χ4v) is 3.90. The van der Waals surface area contributed by atoms with Crippen molar-refractivity contribution < 1.29 is 17.9 Å². The SMILES string of the molecule is CCNC(=NCCCOCC)N1CCN(S(=O)(=O)CCOC(C)C)CC1. The van der Waals surface area contributed by atoms with E-state index in [1.165, 1.54) is 0 Å². The highest BCUT2D eigenvalue weighted by atomic mass is 32.2. The summed E-state index contributed by atoms with van der Waals surface area (Å²) in [6, 6.07) is 0. The van der Waals surface area contributed by atoms with Crippen LogP contribution in [0.3, 0.4) is 0 Å². The Hall–Kier alpha value is -0.900. The van der Waals surface area contributed by atoms with Crippen molar-refractivity contribution in [3.63, 3.8) is 0 Å². The van der Waals surface area contributed by atoms with Gasteiger partial charge in [0.1, 0.15) is 0 Å². The third-order valence-electron chi connectivity index (χ3n) is 3.97. The van der Waals surface area contributed by atoms with Crippen LogP contribution in [0.1, 0.15) is 34.1 Å². The van der Waals surface area contributed by atoms with E-state index in [0.29, 0.717) is 39.3 Å². The molecule has 0 spiro atoms. The van der Waals surface area contributed by atoms with E-state index in [-0.39, 0.29) is 18.5 Å². The average Bonchev–Trinajstić information content (AvgIpc) is 2.60. The van der Waals surface area contributed by atoms with Gasteiger partial charge in [0.2, 0.25) is 10.0 Å². The fraction of sp³-hybridized carbons (Fsp3) is 0.941. The van der Waals surface area contributed by atoms with Crippen LogP contribution in [0.4, 0.5) is 0 Å². The molecule has 0 aromatic carbocycles. The zero-order valence-electron chi connectivity index (χ0n) is 16.7. The second-order valence-corrected chi connectivity index (χ2v) is 8.50. The maximum Gasteiger partial charge on any atom is 0.216 e. The fourth-order valence-electron chi connectivity index (χ4n) is 2.62. The van der Waals surface area contributed by atoms with Gasteiger partial charge < -0.3 is 19.7 Å². The summed E-state index contributed by atoms with van der Waals surface area (Å²) in [5.41, 5.74) is 0. The number of nitrogens with zero attached hydrogens (tertiary/aromatic N) is 3. The van der Waals surface area contributed by atoms with Gasteiger partial charge in [-0.15, -0.1) is 0 Å². The molecule has 154 valence electrons. The molecule has 0 amide bonds. The highest BCUT2D eigenvalue weighted by Gasteiger charge is 2.27. The Morgan fingerprint density at radius 3 is 2.42 bits per heavy atom. The smallest absolute Gasteiger partial charge is 0.216 e. The Morgan fingerprint density at radius 2 is 1.85 bits per heavy atom. The molecule has 1 N–H and O–H groups in total. The van der Waals surface area contributed by atoms with Gasteiger partial charge in [0, 0.05) is 52.5 Å². The van der Waals surface area contributed by atoms with Crippen LogP contribution in [0.25, 0.3) is 0 Å². The topological polar surface area (TPSA) is 83.5 Å². The molecule has 0 aromatic rings. The summed E-state index contributed by atoms with van der Waals surface area (Å²) in [7, 11) is -3.26. The van der Waals surface area contributed by atoms with E-state index in [1.54, 1.807) is 4.31 Å². The molecule has 26 heavy (non-hydrogen) atoms. The molecule has 1 aliphatic rings. The van der Waals surface area contributed by atoms with Crippen LogP contribution in [0.5, 0.6) is 0 Å². The number of hydrogen-bond donors (Lipinski definition) is 1. The molecule has 0 aromatic heterocycles. The lowest BCUT2D eigenvalue weighted by atomic mass is 10.4. The summed E-state index contributed by atoms with van der Waals surface area (Å²) in [5, 5.41) is 3.29. The van der Waals surface area contributed by atoms with Gasteiger partial charge in [0.05, 0.1) is 18.5 Å². The lowest BCUT2D eigenvalue weighted by Crippen LogP contribution is -2.54. The van der Waals surface area contributed by atoms with Gasteiger partial charge in [0.15, 0.2) is 5.96 Å². The quantitative estimate of drug-likeness (QED) is 0.317. The van der Waals surface area contributed by atoms with Crippen molar-refractivity contribution in [2.24, 2.45) is 4.99 Å². The van der Waals surface area contributed by atoms with Gasteiger partial charge in [-0.2, -0.15) is 4.31 Å². The minimum atomic E-state index is -3.26. The van der Waals surface area contributed by atoms with Gasteiger partial charge >= 0.3 is 0 Å². The first kappa shape index (κ1) is 23.1. The van der Waals surface area contributed by atoms with E-state index in [2.05, 4.69) is 15.2 Å². The van der Waals surface area contributed by atoms with Gasteiger partial charge in [0.25, 0.3) is 0 Å². The third-order valence-corrected chi connectivity index (χ3v) is 5.81. The van der Waals surface area contributed by atoms with E-state index in [1.807, 2.05) is 27.7 Å². The third kappa shape index (κ3) is 8.66. The molecule has 0 saturated carbocycles. The molecule has 0 radical (unpaired) electrons. The van der Waals surface area contributed by atoms with Crippen molar-refractivity contribution in [1.29, 1.82) is 0 Å². The van der Waals surface area contributed by atoms with Crippen LogP contribution in [0, 0.1) is 0 Å². The molecule has 0 unspecified atom stereocenters. The summed E-state index contributed by atoms with van der Waals surface area (Å²) < 4.78 is 37.1. The number of piperazine rings is 1. The van der Waals surface area contributed by atoms with Crippen LogP contribution < -0.4 is 5.32 Å². The average molecular weight is 393 g/mol. The molecular weight excluding hydrogens is 356 g/mol. The van der Waals surface area contributed by atoms with E-state index >= 15 is 0 Å². The molecule has 0 bridgehead atoms. The van der Waals surface area contributed by atoms with Crippen LogP contribution in [-0.2, 0) is 19.5 Å². The zero-order valence-corrected chi connectivity index (χ0v) is 17.6. The Morgan fingerprint density at radius 1 is 1.15 bits per heavy atom. The van der Waals surface area contributed by atoms with E-state index < -0.39 is 10.0 Å². The van der Waals surface area contributed by atoms with Crippen LogP contribution >= 0.6 is 0 Å². The molecule has 9 heteroatoms. The zero-order chi connectivity index (χ0) is 19.4. The van der Waals surface area contributed by atoms with Gasteiger partial charge in [-0.1, -0.05) is 0 Å². The van der Waals surface area contributed by atoms with Crippen molar-refractivity contribution in [1.82, 2.24) is 14.5 Å². The van der Waals surface area contributed by atoms with Crippen molar-refractivity contribution >= 4 is 16.0 Å². The van der Waals surface area contributed by atoms with E-state index in [4.69, 9.17) is 9.47 Å². The Kier molecular flexibility index (Phi) is 11.1. The first-order valence-corrected chi connectivity index (χ1v) is 11.2. The minimum absolute atomic E-state index is 0.0385. The number of hydrogen-bond acceptors (Lipinski definition) is 5. The molecule has 1 fully saturated rings. The van der Waals surface area contributed by atoms with Gasteiger partial charge in [-0.05, 0) is 34.1 Å². The number of ether oxygens (including phenoxy) is 2. The highest BCUT2D eigenvalue weighted by molar-refractivity contribution is 7.89. The van der Waals surface area contributed by atoms with Crippen molar-refractivity contribution in [2.45, 2.75) is 40.2 Å². The summed E-state index contributed by atoms with van der Waals surface area (Å²) in [6.45, 7) is 13.2. The van der Waals surface area contributed by atoms with E-state index in [0.717, 1.165) is 25.5 Å². The Balaban J connectivity index is 2.49. The maximum absolute atomic E-state index is 12.4. The Labute approximate surface area is 159 Å². The Bertz CT molecular complexity index is 503. The van der Waals surface area contributed by atoms with Crippen LogP contribution in [-0.4, -0.2) is 94.5 Å². The highest BCUT2D eigenvalue weighted by Crippen LogP contribution is 2.09. The predicted octanol–water partition coefficient (Wildman–Crippen LogP) is 0.751. The second kappa shape index (κ2) is 12.5. The first-order valence-electron chi connectivity index (χ1n) is 9.61. The molecule has 0 aliphatic carbocycles. The number of sulfonamides is 1. The molecule has 8 nitrogen and oxygen atoms in total. The number of rotatable bonds is 11.